The van der Waals surface area contributed by atoms with Crippen molar-refractivity contribution in [2.45, 2.75) is 19.4 Å². The Morgan fingerprint density at radius 2 is 1.56 bits per heavy atom. The standard InChI is InChI=1S/C18H15F3N2O3S/c1-12-13(2)23(14-8-4-3-5-9-14)17(22-12)15-10-6-7-11-16(15)26-27(24,25)18(19,20)21/h3-11H,1-2H3. The van der Waals surface area contributed by atoms with Gasteiger partial charge >= 0.3 is 15.6 Å². The van der Waals surface area contributed by atoms with Crippen molar-refractivity contribution >= 4 is 10.1 Å². The van der Waals surface area contributed by atoms with Crippen LogP contribution in [0.3, 0.4) is 0 Å². The molecule has 0 fully saturated rings. The molecule has 0 atom stereocenters. The molecule has 0 N–H and O–H groups in total. The van der Waals surface area contributed by atoms with E-state index in [-0.39, 0.29) is 11.4 Å². The van der Waals surface area contributed by atoms with Crippen LogP contribution in [0, 0.1) is 13.8 Å². The van der Waals surface area contributed by atoms with Gasteiger partial charge in [0.25, 0.3) is 0 Å². The van der Waals surface area contributed by atoms with Crippen LogP contribution in [-0.4, -0.2) is 23.5 Å². The smallest absolute Gasteiger partial charge is 0.375 e. The van der Waals surface area contributed by atoms with Gasteiger partial charge in [0.1, 0.15) is 5.82 Å². The van der Waals surface area contributed by atoms with Gasteiger partial charge in [-0.1, -0.05) is 30.3 Å². The van der Waals surface area contributed by atoms with Crippen LogP contribution in [0.1, 0.15) is 11.4 Å². The molecule has 0 amide bonds. The summed E-state index contributed by atoms with van der Waals surface area (Å²) in [7, 11) is -5.80. The van der Waals surface area contributed by atoms with E-state index in [1.54, 1.807) is 17.6 Å². The number of nitrogens with zero attached hydrogens (tertiary/aromatic N) is 2. The first kappa shape index (κ1) is 19.0. The van der Waals surface area contributed by atoms with Crippen LogP contribution in [0.15, 0.2) is 54.6 Å². The lowest BCUT2D eigenvalue weighted by Gasteiger charge is -2.14. The predicted octanol–water partition coefficient (Wildman–Crippen LogP) is 4.38. The van der Waals surface area contributed by atoms with Gasteiger partial charge in [0.2, 0.25) is 0 Å². The molecule has 2 aromatic carbocycles. The van der Waals surface area contributed by atoms with Crippen molar-refractivity contribution in [3.05, 3.63) is 66.0 Å². The van der Waals surface area contributed by atoms with E-state index in [4.69, 9.17) is 0 Å². The molecular formula is C18H15F3N2O3S. The van der Waals surface area contributed by atoms with Crippen LogP contribution < -0.4 is 4.18 Å². The number of para-hydroxylation sites is 2. The zero-order valence-corrected chi connectivity index (χ0v) is 15.2. The SMILES string of the molecule is Cc1nc(-c2ccccc2OS(=O)(=O)C(F)(F)F)n(-c2ccccc2)c1C. The summed E-state index contributed by atoms with van der Waals surface area (Å²) in [5, 5.41) is 0. The van der Waals surface area contributed by atoms with E-state index >= 15 is 0 Å². The first-order valence-corrected chi connectivity index (χ1v) is 9.24. The molecule has 5 nitrogen and oxygen atoms in total. The molecule has 0 unspecified atom stereocenters. The van der Waals surface area contributed by atoms with Crippen molar-refractivity contribution in [3.8, 4) is 22.8 Å². The first-order valence-electron chi connectivity index (χ1n) is 7.83. The molecule has 0 aliphatic carbocycles. The molecule has 0 aliphatic heterocycles. The van der Waals surface area contributed by atoms with Crippen molar-refractivity contribution in [2.75, 3.05) is 0 Å². The van der Waals surface area contributed by atoms with Gasteiger partial charge in [-0.3, -0.25) is 4.57 Å². The molecule has 1 aromatic heterocycles. The average Bonchev–Trinajstić information content (AvgIpc) is 2.90. The number of benzene rings is 2. The second kappa shape index (κ2) is 6.73. The Kier molecular flexibility index (Phi) is 4.73. The minimum Gasteiger partial charge on any atom is -0.375 e. The second-order valence-corrected chi connectivity index (χ2v) is 7.29. The highest BCUT2D eigenvalue weighted by Gasteiger charge is 2.48. The number of halogens is 3. The topological polar surface area (TPSA) is 61.2 Å². The fourth-order valence-electron chi connectivity index (χ4n) is 2.57. The van der Waals surface area contributed by atoms with Gasteiger partial charge < -0.3 is 4.18 Å². The van der Waals surface area contributed by atoms with Gasteiger partial charge in [-0.15, -0.1) is 0 Å². The molecule has 0 saturated heterocycles. The fraction of sp³-hybridized carbons (Fsp3) is 0.167. The van der Waals surface area contributed by atoms with Crippen LogP contribution >= 0.6 is 0 Å². The Balaban J connectivity index is 2.19. The maximum atomic E-state index is 12.7. The van der Waals surface area contributed by atoms with E-state index in [1.165, 1.54) is 12.1 Å². The number of hydrogen-bond acceptors (Lipinski definition) is 4. The Labute approximate surface area is 154 Å². The van der Waals surface area contributed by atoms with E-state index in [9.17, 15) is 21.6 Å². The minimum atomic E-state index is -5.80. The van der Waals surface area contributed by atoms with Crippen LogP contribution in [0.4, 0.5) is 13.2 Å². The summed E-state index contributed by atoms with van der Waals surface area (Å²) in [5.41, 5.74) is -3.24. The molecular weight excluding hydrogens is 381 g/mol. The minimum absolute atomic E-state index is 0.130. The van der Waals surface area contributed by atoms with Gasteiger partial charge in [-0.05, 0) is 38.1 Å². The number of imidazole rings is 1. The number of rotatable bonds is 4. The number of alkyl halides is 3. The Hall–Kier alpha value is -2.81. The zero-order valence-electron chi connectivity index (χ0n) is 14.4. The van der Waals surface area contributed by atoms with Gasteiger partial charge in [0, 0.05) is 11.4 Å². The highest BCUT2D eigenvalue weighted by molar-refractivity contribution is 7.88. The van der Waals surface area contributed by atoms with Gasteiger partial charge in [0.15, 0.2) is 5.75 Å². The van der Waals surface area contributed by atoms with E-state index < -0.39 is 21.4 Å². The second-order valence-electron chi connectivity index (χ2n) is 5.76. The van der Waals surface area contributed by atoms with Gasteiger partial charge in [0.05, 0.1) is 11.3 Å². The zero-order chi connectivity index (χ0) is 19.8. The largest absolute Gasteiger partial charge is 0.534 e. The molecule has 9 heteroatoms. The highest BCUT2D eigenvalue weighted by Crippen LogP contribution is 2.35. The maximum Gasteiger partial charge on any atom is 0.534 e. The molecule has 27 heavy (non-hydrogen) atoms. The Morgan fingerprint density at radius 3 is 2.19 bits per heavy atom. The van der Waals surface area contributed by atoms with Crippen molar-refractivity contribution in [3.63, 3.8) is 0 Å². The molecule has 142 valence electrons. The van der Waals surface area contributed by atoms with E-state index in [0.29, 0.717) is 5.69 Å². The number of aromatic nitrogens is 2. The van der Waals surface area contributed by atoms with Crippen LogP contribution in [-0.2, 0) is 10.1 Å². The highest BCUT2D eigenvalue weighted by atomic mass is 32.2. The summed E-state index contributed by atoms with van der Waals surface area (Å²) in [4.78, 5) is 4.42. The monoisotopic (exact) mass is 396 g/mol. The number of aryl methyl sites for hydroxylation is 1. The third-order valence-corrected chi connectivity index (χ3v) is 4.94. The summed E-state index contributed by atoms with van der Waals surface area (Å²) in [6.07, 6.45) is 0. The summed E-state index contributed by atoms with van der Waals surface area (Å²) >= 11 is 0. The molecule has 3 aromatic rings. The van der Waals surface area contributed by atoms with Crippen LogP contribution in [0.5, 0.6) is 5.75 Å². The summed E-state index contributed by atoms with van der Waals surface area (Å²) in [5.74, 6) is -0.166. The van der Waals surface area contributed by atoms with Gasteiger partial charge in [-0.2, -0.15) is 21.6 Å². The summed E-state index contributed by atoms with van der Waals surface area (Å²) < 4.78 is 67.2. The molecule has 1 heterocycles. The lowest BCUT2D eigenvalue weighted by molar-refractivity contribution is -0.0499. The molecule has 0 spiro atoms. The first-order chi connectivity index (χ1) is 12.6. The maximum absolute atomic E-state index is 12.7. The average molecular weight is 396 g/mol. The van der Waals surface area contributed by atoms with Crippen molar-refractivity contribution in [1.29, 1.82) is 0 Å². The molecule has 0 saturated carbocycles. The molecule has 0 aliphatic rings. The summed E-state index contributed by atoms with van der Waals surface area (Å²) in [6, 6.07) is 14.7. The number of hydrogen-bond donors (Lipinski definition) is 0. The fourth-order valence-corrected chi connectivity index (χ4v) is 3.05. The lowest BCUT2D eigenvalue weighted by Crippen LogP contribution is -2.28. The van der Waals surface area contributed by atoms with Crippen molar-refractivity contribution < 1.29 is 25.8 Å². The van der Waals surface area contributed by atoms with Crippen molar-refractivity contribution in [1.82, 2.24) is 9.55 Å². The molecule has 0 radical (unpaired) electrons. The summed E-state index contributed by atoms with van der Waals surface area (Å²) in [6.45, 7) is 3.57. The van der Waals surface area contributed by atoms with Crippen molar-refractivity contribution in [2.24, 2.45) is 0 Å². The Bertz CT molecular complexity index is 1070. The third-order valence-electron chi connectivity index (χ3n) is 3.97. The van der Waals surface area contributed by atoms with E-state index in [1.807, 2.05) is 37.3 Å². The third kappa shape index (κ3) is 3.55. The normalized spacial score (nSPS) is 12.2. The van der Waals surface area contributed by atoms with E-state index in [2.05, 4.69) is 9.17 Å². The predicted molar refractivity (Wildman–Crippen MR) is 94.1 cm³/mol. The quantitative estimate of drug-likeness (QED) is 0.485. The Morgan fingerprint density at radius 1 is 0.963 bits per heavy atom. The van der Waals surface area contributed by atoms with Gasteiger partial charge in [-0.25, -0.2) is 4.98 Å². The molecule has 0 bridgehead atoms. The van der Waals surface area contributed by atoms with Crippen LogP contribution in [0.2, 0.25) is 0 Å². The van der Waals surface area contributed by atoms with Crippen LogP contribution in [0.25, 0.3) is 17.1 Å². The molecule has 3 rings (SSSR count). The van der Waals surface area contributed by atoms with E-state index in [0.717, 1.165) is 17.4 Å². The lowest BCUT2D eigenvalue weighted by atomic mass is 10.2.